The average molecular weight is 409 g/mol. The molecule has 0 aliphatic carbocycles. The van der Waals surface area contributed by atoms with Crippen molar-refractivity contribution in [2.24, 2.45) is 11.8 Å². The quantitative estimate of drug-likeness (QED) is 0.576. The zero-order valence-corrected chi connectivity index (χ0v) is 16.8. The summed E-state index contributed by atoms with van der Waals surface area (Å²) < 4.78 is 0. The molecule has 3 heterocycles. The van der Waals surface area contributed by atoms with Crippen molar-refractivity contribution in [2.75, 3.05) is 11.4 Å². The maximum Gasteiger partial charge on any atom is 0.239 e. The third-order valence-corrected chi connectivity index (χ3v) is 6.79. The predicted octanol–water partition coefficient (Wildman–Crippen LogP) is 3.48. The van der Waals surface area contributed by atoms with Crippen LogP contribution in [0.4, 0.5) is 5.69 Å². The summed E-state index contributed by atoms with van der Waals surface area (Å²) in [6.07, 6.45) is 1.78. The van der Waals surface area contributed by atoms with Gasteiger partial charge in [-0.05, 0) is 50.6 Å². The van der Waals surface area contributed by atoms with Crippen LogP contribution in [0.25, 0.3) is 0 Å². The lowest BCUT2D eigenvalue weighted by molar-refractivity contribution is -0.123. The Balaban J connectivity index is 1.54. The van der Waals surface area contributed by atoms with Crippen molar-refractivity contribution in [3.05, 3.63) is 64.7 Å². The Morgan fingerprint density at radius 2 is 1.62 bits per heavy atom. The number of amides is 2. The lowest BCUT2D eigenvalue weighted by Crippen LogP contribution is -2.46. The van der Waals surface area contributed by atoms with Crippen LogP contribution in [-0.2, 0) is 9.59 Å². The Hall–Kier alpha value is -2.50. The molecule has 5 rings (SSSR count). The van der Waals surface area contributed by atoms with E-state index >= 15 is 0 Å². The maximum absolute atomic E-state index is 13.4. The van der Waals surface area contributed by atoms with Gasteiger partial charge in [0.15, 0.2) is 5.78 Å². The first-order chi connectivity index (χ1) is 14.0. The molecule has 2 aromatic rings. The van der Waals surface area contributed by atoms with Gasteiger partial charge in [-0.25, -0.2) is 4.90 Å². The predicted molar refractivity (Wildman–Crippen MR) is 110 cm³/mol. The van der Waals surface area contributed by atoms with E-state index in [1.54, 1.807) is 24.3 Å². The van der Waals surface area contributed by atoms with Gasteiger partial charge in [-0.2, -0.15) is 0 Å². The van der Waals surface area contributed by atoms with E-state index in [-0.39, 0.29) is 23.6 Å². The summed E-state index contributed by atoms with van der Waals surface area (Å²) in [7, 11) is 0. The van der Waals surface area contributed by atoms with Crippen LogP contribution in [0, 0.1) is 18.8 Å². The molecule has 0 N–H and O–H groups in total. The van der Waals surface area contributed by atoms with Crippen molar-refractivity contribution in [1.82, 2.24) is 4.90 Å². The van der Waals surface area contributed by atoms with Crippen LogP contribution in [0.2, 0.25) is 5.02 Å². The number of benzene rings is 2. The number of carbonyl (C=O) groups excluding carboxylic acids is 3. The van der Waals surface area contributed by atoms with Crippen molar-refractivity contribution >= 4 is 34.9 Å². The van der Waals surface area contributed by atoms with E-state index in [2.05, 4.69) is 4.90 Å². The molecule has 3 fully saturated rings. The molecule has 6 heteroatoms. The fourth-order valence-electron chi connectivity index (χ4n) is 5.25. The number of aryl methyl sites for hydroxylation is 1. The number of hydrogen-bond acceptors (Lipinski definition) is 4. The van der Waals surface area contributed by atoms with Crippen LogP contribution in [-0.4, -0.2) is 41.1 Å². The van der Waals surface area contributed by atoms with Gasteiger partial charge in [0, 0.05) is 16.6 Å². The van der Waals surface area contributed by atoms with Crippen molar-refractivity contribution in [3.8, 4) is 0 Å². The largest absolute Gasteiger partial charge is 0.292 e. The first-order valence-corrected chi connectivity index (χ1v) is 10.3. The molecule has 0 spiro atoms. The zero-order valence-electron chi connectivity index (χ0n) is 16.0. The third kappa shape index (κ3) is 2.75. The number of imide groups is 1. The fraction of sp³-hybridized carbons (Fsp3) is 0.348. The van der Waals surface area contributed by atoms with Crippen LogP contribution in [0.15, 0.2) is 48.5 Å². The van der Waals surface area contributed by atoms with Gasteiger partial charge in [0.1, 0.15) is 0 Å². The Morgan fingerprint density at radius 3 is 2.31 bits per heavy atom. The van der Waals surface area contributed by atoms with Gasteiger partial charge in [0.25, 0.3) is 0 Å². The minimum atomic E-state index is -0.628. The first kappa shape index (κ1) is 18.5. The van der Waals surface area contributed by atoms with Gasteiger partial charge in [-0.3, -0.25) is 19.3 Å². The topological polar surface area (TPSA) is 57.7 Å². The molecule has 0 radical (unpaired) electrons. The second-order valence-corrected chi connectivity index (χ2v) is 8.60. The van der Waals surface area contributed by atoms with Crippen LogP contribution in [0.5, 0.6) is 0 Å². The van der Waals surface area contributed by atoms with E-state index in [4.69, 9.17) is 11.6 Å². The monoisotopic (exact) mass is 408 g/mol. The highest BCUT2D eigenvalue weighted by Gasteiger charge is 2.64. The summed E-state index contributed by atoms with van der Waals surface area (Å²) in [6, 6.07) is 13.5. The van der Waals surface area contributed by atoms with Crippen LogP contribution in [0.1, 0.15) is 28.8 Å². The van der Waals surface area contributed by atoms with Gasteiger partial charge in [-0.1, -0.05) is 41.4 Å². The van der Waals surface area contributed by atoms with E-state index in [1.165, 1.54) is 4.90 Å². The molecule has 2 amide bonds. The normalized spacial score (nSPS) is 28.7. The number of fused-ring (bicyclic) bond motifs is 3. The molecule has 0 unspecified atom stereocenters. The number of ketones is 1. The van der Waals surface area contributed by atoms with Crippen LogP contribution in [0.3, 0.4) is 0 Å². The molecule has 0 saturated carbocycles. The summed E-state index contributed by atoms with van der Waals surface area (Å²) in [5.41, 5.74) is 2.19. The molecular formula is C23H21ClN2O3. The molecule has 4 atom stereocenters. The highest BCUT2D eigenvalue weighted by atomic mass is 35.5. The van der Waals surface area contributed by atoms with Gasteiger partial charge < -0.3 is 0 Å². The Bertz CT molecular complexity index is 1000. The molecule has 3 saturated heterocycles. The number of carbonyl (C=O) groups is 3. The molecule has 0 aromatic heterocycles. The van der Waals surface area contributed by atoms with E-state index in [0.29, 0.717) is 16.3 Å². The maximum atomic E-state index is 13.4. The smallest absolute Gasteiger partial charge is 0.239 e. The fourth-order valence-corrected chi connectivity index (χ4v) is 5.37. The second-order valence-electron chi connectivity index (χ2n) is 8.16. The highest BCUT2D eigenvalue weighted by Crippen LogP contribution is 2.48. The standard InChI is InChI=1S/C23H21ClN2O3/c1-13-4-6-14(7-5-13)21(27)20-19-18(17-3-2-12-25(17)20)22(28)26(23(19)29)16-10-8-15(24)9-11-16/h4-11,17-20H,2-3,12H2,1H3/t17-,18-,19+,20-/m1/s1. The van der Waals surface area contributed by atoms with Crippen molar-refractivity contribution in [1.29, 1.82) is 0 Å². The SMILES string of the molecule is Cc1ccc(C(=O)[C@H]2[C@H]3C(=O)N(c4ccc(Cl)cc4)C(=O)[C@@H]3[C@H]3CCCN32)cc1. The van der Waals surface area contributed by atoms with Gasteiger partial charge in [0.2, 0.25) is 11.8 Å². The minimum Gasteiger partial charge on any atom is -0.292 e. The lowest BCUT2D eigenvalue weighted by atomic mass is 9.85. The Labute approximate surface area is 174 Å². The summed E-state index contributed by atoms with van der Waals surface area (Å²) >= 11 is 5.96. The molecule has 3 aliphatic heterocycles. The highest BCUT2D eigenvalue weighted by molar-refractivity contribution is 6.31. The van der Waals surface area contributed by atoms with Crippen LogP contribution >= 0.6 is 11.6 Å². The van der Waals surface area contributed by atoms with E-state index in [1.807, 2.05) is 31.2 Å². The molecule has 3 aliphatic rings. The number of anilines is 1. The van der Waals surface area contributed by atoms with Gasteiger partial charge >= 0.3 is 0 Å². The molecule has 29 heavy (non-hydrogen) atoms. The Kier molecular flexibility index (Phi) is 4.33. The summed E-state index contributed by atoms with van der Waals surface area (Å²) in [6.45, 7) is 2.72. The Morgan fingerprint density at radius 1 is 0.966 bits per heavy atom. The minimum absolute atomic E-state index is 0.0480. The van der Waals surface area contributed by atoms with Crippen LogP contribution < -0.4 is 4.90 Å². The van der Waals surface area contributed by atoms with E-state index < -0.39 is 17.9 Å². The summed E-state index contributed by atoms with van der Waals surface area (Å²) in [5.74, 6) is -1.62. The summed E-state index contributed by atoms with van der Waals surface area (Å²) in [5, 5.41) is 0.544. The second kappa shape index (κ2) is 6.78. The molecule has 2 aromatic carbocycles. The van der Waals surface area contributed by atoms with E-state index in [0.717, 1.165) is 24.9 Å². The number of rotatable bonds is 3. The first-order valence-electron chi connectivity index (χ1n) is 9.97. The van der Waals surface area contributed by atoms with Crippen molar-refractivity contribution in [2.45, 2.75) is 31.8 Å². The number of halogens is 1. The number of nitrogens with zero attached hydrogens (tertiary/aromatic N) is 2. The number of Topliss-reactive ketones (excluding diaryl/α,β-unsaturated/α-hetero) is 1. The molecular weight excluding hydrogens is 388 g/mol. The lowest BCUT2D eigenvalue weighted by Gasteiger charge is -2.27. The van der Waals surface area contributed by atoms with Gasteiger partial charge in [0.05, 0.1) is 23.6 Å². The molecule has 5 nitrogen and oxygen atoms in total. The zero-order chi connectivity index (χ0) is 20.3. The van der Waals surface area contributed by atoms with Crippen molar-refractivity contribution in [3.63, 3.8) is 0 Å². The molecule has 0 bridgehead atoms. The average Bonchev–Trinajstić information content (AvgIpc) is 3.35. The van der Waals surface area contributed by atoms with E-state index in [9.17, 15) is 14.4 Å². The number of hydrogen-bond donors (Lipinski definition) is 0. The van der Waals surface area contributed by atoms with Crippen molar-refractivity contribution < 1.29 is 14.4 Å². The molecule has 148 valence electrons. The summed E-state index contributed by atoms with van der Waals surface area (Å²) in [4.78, 5) is 43.5. The third-order valence-electron chi connectivity index (χ3n) is 6.54. The van der Waals surface area contributed by atoms with Gasteiger partial charge in [-0.15, -0.1) is 0 Å².